The van der Waals surface area contributed by atoms with Gasteiger partial charge in [0.1, 0.15) is 36.3 Å². The summed E-state index contributed by atoms with van der Waals surface area (Å²) >= 11 is 8.62. The molecule has 0 amide bonds. The van der Waals surface area contributed by atoms with Crippen LogP contribution in [0.2, 0.25) is 5.02 Å². The largest absolute Gasteiger partial charge is 0.491 e. The molecule has 1 aliphatic carbocycles. The van der Waals surface area contributed by atoms with E-state index in [1.165, 1.54) is 17.7 Å². The molecule has 172 valence electrons. The van der Waals surface area contributed by atoms with Crippen LogP contribution in [0.4, 0.5) is 0 Å². The second-order valence-corrected chi connectivity index (χ2v) is 10.5. The van der Waals surface area contributed by atoms with Gasteiger partial charge in [0.15, 0.2) is 0 Å². The maximum absolute atomic E-state index is 10.7. The van der Waals surface area contributed by atoms with Gasteiger partial charge in [0, 0.05) is 22.1 Å². The highest BCUT2D eigenvalue weighted by atomic mass is 35.5. The molecule has 1 saturated carbocycles. The van der Waals surface area contributed by atoms with Crippen molar-refractivity contribution in [1.82, 2.24) is 0 Å². The molecule has 4 N–H and O–H groups in total. The van der Waals surface area contributed by atoms with Crippen molar-refractivity contribution in [2.24, 2.45) is 0 Å². The summed E-state index contributed by atoms with van der Waals surface area (Å²) < 4.78 is 11.6. The van der Waals surface area contributed by atoms with Crippen LogP contribution in [0.1, 0.15) is 41.2 Å². The van der Waals surface area contributed by atoms with Crippen molar-refractivity contribution in [2.75, 3.05) is 13.2 Å². The van der Waals surface area contributed by atoms with Crippen molar-refractivity contribution >= 4 is 23.4 Å². The number of hydrogen-bond donors (Lipinski definition) is 4. The highest BCUT2D eigenvalue weighted by Gasteiger charge is 2.45. The predicted octanol–water partition coefficient (Wildman–Crippen LogP) is 2.64. The van der Waals surface area contributed by atoms with Crippen LogP contribution in [0.3, 0.4) is 0 Å². The van der Waals surface area contributed by atoms with Gasteiger partial charge in [0.25, 0.3) is 0 Å². The lowest BCUT2D eigenvalue weighted by Gasteiger charge is -2.40. The minimum absolute atomic E-state index is 0.466. The molecule has 5 rings (SSSR count). The lowest BCUT2D eigenvalue weighted by atomic mass is 9.87. The lowest BCUT2D eigenvalue weighted by Crippen LogP contribution is -2.55. The third-order valence-corrected chi connectivity index (χ3v) is 8.14. The maximum Gasteiger partial charge on any atom is 0.141 e. The number of halogens is 1. The molecule has 2 aromatic carbocycles. The van der Waals surface area contributed by atoms with Gasteiger partial charge < -0.3 is 29.9 Å². The number of ether oxygens (including phenoxy) is 2. The summed E-state index contributed by atoms with van der Waals surface area (Å²) in [6, 6.07) is 10.4. The minimum atomic E-state index is -1.43. The van der Waals surface area contributed by atoms with Crippen molar-refractivity contribution in [1.29, 1.82) is 0 Å². The SMILES string of the molecule is OCC1O[C@@H](c2cc(Cc3ccc(SC4CC4)cc3)c(Cl)c3c2CCO3)[C@H](O)[C@@H](O)C1O. The van der Waals surface area contributed by atoms with Gasteiger partial charge in [0.05, 0.1) is 18.2 Å². The number of thioether (sulfide) groups is 1. The molecule has 8 heteroatoms. The van der Waals surface area contributed by atoms with Crippen molar-refractivity contribution in [3.8, 4) is 5.75 Å². The van der Waals surface area contributed by atoms with Gasteiger partial charge in [0.2, 0.25) is 0 Å². The topological polar surface area (TPSA) is 99.4 Å². The molecule has 0 aromatic heterocycles. The van der Waals surface area contributed by atoms with Crippen LogP contribution in [0, 0.1) is 0 Å². The average Bonchev–Trinajstić information content (AvgIpc) is 3.47. The quantitative estimate of drug-likeness (QED) is 0.506. The van der Waals surface area contributed by atoms with Gasteiger partial charge in [-0.05, 0) is 48.1 Å². The molecule has 0 radical (unpaired) electrons. The molecule has 5 atom stereocenters. The number of aliphatic hydroxyl groups excluding tert-OH is 4. The Kier molecular flexibility index (Phi) is 6.42. The predicted molar refractivity (Wildman–Crippen MR) is 121 cm³/mol. The zero-order chi connectivity index (χ0) is 22.4. The second kappa shape index (κ2) is 9.14. The monoisotopic (exact) mass is 478 g/mol. The van der Waals surface area contributed by atoms with E-state index in [4.69, 9.17) is 21.1 Å². The van der Waals surface area contributed by atoms with Crippen molar-refractivity contribution in [2.45, 2.75) is 66.3 Å². The fraction of sp³-hybridized carbons (Fsp3) is 0.500. The molecule has 6 nitrogen and oxygen atoms in total. The standard InChI is InChI=1S/C24H27ClO6S/c25-19-13(9-12-1-3-14(4-2-12)32-15-5-6-15)10-17(16-7-8-30-23(16)19)24-22(29)21(28)20(27)18(11-26)31-24/h1-4,10,15,18,20-22,24,26-29H,5-9,11H2/t18?,20?,21-,22+,24-/m0/s1. The van der Waals surface area contributed by atoms with E-state index >= 15 is 0 Å². The smallest absolute Gasteiger partial charge is 0.141 e. The summed E-state index contributed by atoms with van der Waals surface area (Å²) in [6.45, 7) is 0.00180. The van der Waals surface area contributed by atoms with Crippen LogP contribution in [-0.4, -0.2) is 63.3 Å². The molecule has 3 aliphatic rings. The van der Waals surface area contributed by atoms with Gasteiger partial charge in [-0.25, -0.2) is 0 Å². The van der Waals surface area contributed by atoms with E-state index in [-0.39, 0.29) is 0 Å². The number of benzene rings is 2. The Morgan fingerprint density at radius 1 is 1.03 bits per heavy atom. The molecule has 1 saturated heterocycles. The average molecular weight is 479 g/mol. The van der Waals surface area contributed by atoms with Gasteiger partial charge in [-0.3, -0.25) is 0 Å². The van der Waals surface area contributed by atoms with E-state index in [0.717, 1.165) is 21.9 Å². The second-order valence-electron chi connectivity index (χ2n) is 8.73. The Labute approximate surface area is 196 Å². The summed E-state index contributed by atoms with van der Waals surface area (Å²) in [5.74, 6) is 0.581. The molecule has 2 aromatic rings. The lowest BCUT2D eigenvalue weighted by molar-refractivity contribution is -0.231. The summed E-state index contributed by atoms with van der Waals surface area (Å²) in [4.78, 5) is 1.27. The van der Waals surface area contributed by atoms with Gasteiger partial charge in [-0.1, -0.05) is 29.8 Å². The molecule has 2 heterocycles. The number of hydrogen-bond acceptors (Lipinski definition) is 7. The summed E-state index contributed by atoms with van der Waals surface area (Å²) in [5, 5.41) is 42.0. The van der Waals surface area contributed by atoms with E-state index in [2.05, 4.69) is 24.3 Å². The third kappa shape index (κ3) is 4.28. The molecule has 0 bridgehead atoms. The van der Waals surface area contributed by atoms with E-state index < -0.39 is 37.1 Å². The first-order chi connectivity index (χ1) is 15.5. The fourth-order valence-corrected chi connectivity index (χ4v) is 5.78. The zero-order valence-electron chi connectivity index (χ0n) is 17.5. The minimum Gasteiger partial charge on any atom is -0.491 e. The van der Waals surface area contributed by atoms with Gasteiger partial charge in [-0.15, -0.1) is 11.8 Å². The summed E-state index contributed by atoms with van der Waals surface area (Å²) in [5.41, 5.74) is 3.44. The van der Waals surface area contributed by atoms with E-state index in [1.807, 2.05) is 17.8 Å². The van der Waals surface area contributed by atoms with Gasteiger partial charge >= 0.3 is 0 Å². The highest BCUT2D eigenvalue weighted by Crippen LogP contribution is 2.45. The number of fused-ring (bicyclic) bond motifs is 1. The zero-order valence-corrected chi connectivity index (χ0v) is 19.1. The molecule has 32 heavy (non-hydrogen) atoms. The van der Waals surface area contributed by atoms with Crippen LogP contribution in [0.25, 0.3) is 0 Å². The van der Waals surface area contributed by atoms with E-state index in [0.29, 0.717) is 35.8 Å². The number of aliphatic hydroxyl groups is 4. The normalized spacial score (nSPS) is 29.6. The Morgan fingerprint density at radius 3 is 2.47 bits per heavy atom. The first kappa shape index (κ1) is 22.5. The van der Waals surface area contributed by atoms with Crippen LogP contribution in [0.5, 0.6) is 5.75 Å². The summed E-state index contributed by atoms with van der Waals surface area (Å²) in [7, 11) is 0. The van der Waals surface area contributed by atoms with Crippen molar-refractivity contribution < 1.29 is 29.9 Å². The Balaban J connectivity index is 1.46. The fourth-order valence-electron chi connectivity index (χ4n) is 4.44. The Morgan fingerprint density at radius 2 is 1.78 bits per heavy atom. The third-order valence-electron chi connectivity index (χ3n) is 6.38. The first-order valence-electron chi connectivity index (χ1n) is 11.0. The Hall–Kier alpha value is -1.32. The molecule has 2 unspecified atom stereocenters. The molecular formula is C24H27ClO6S. The van der Waals surface area contributed by atoms with Crippen LogP contribution < -0.4 is 4.74 Å². The maximum atomic E-state index is 10.7. The number of rotatable bonds is 6. The van der Waals surface area contributed by atoms with Gasteiger partial charge in [-0.2, -0.15) is 0 Å². The molecular weight excluding hydrogens is 452 g/mol. The van der Waals surface area contributed by atoms with Crippen LogP contribution in [-0.2, 0) is 17.6 Å². The van der Waals surface area contributed by atoms with E-state index in [9.17, 15) is 20.4 Å². The highest BCUT2D eigenvalue weighted by molar-refractivity contribution is 8.00. The summed E-state index contributed by atoms with van der Waals surface area (Å²) in [6.07, 6.45) is -2.28. The molecule has 2 fully saturated rings. The first-order valence-corrected chi connectivity index (χ1v) is 12.2. The molecule has 0 spiro atoms. The Bertz CT molecular complexity index is 977. The van der Waals surface area contributed by atoms with Crippen LogP contribution in [0.15, 0.2) is 35.2 Å². The van der Waals surface area contributed by atoms with Crippen LogP contribution >= 0.6 is 23.4 Å². The molecule has 2 aliphatic heterocycles. The van der Waals surface area contributed by atoms with Crippen molar-refractivity contribution in [3.63, 3.8) is 0 Å². The van der Waals surface area contributed by atoms with E-state index in [1.54, 1.807) is 0 Å². The van der Waals surface area contributed by atoms with Crippen molar-refractivity contribution in [3.05, 3.63) is 57.6 Å².